The third kappa shape index (κ3) is 11.9. The summed E-state index contributed by atoms with van der Waals surface area (Å²) in [7, 11) is -23.3. The second kappa shape index (κ2) is 26.3. The van der Waals surface area contributed by atoms with E-state index < -0.39 is 57.9 Å². The number of aliphatic carboxylic acids is 1. The first-order chi connectivity index (χ1) is 39.9. The van der Waals surface area contributed by atoms with Crippen LogP contribution in [0.25, 0.3) is 21.5 Å². The van der Waals surface area contributed by atoms with Crippen molar-refractivity contribution in [2.45, 2.75) is 89.6 Å². The molecule has 0 saturated carbocycles. The SMILES string of the molecule is C[Si](C)(CCCNC(=O)CCCCC(=O)[O-])O[Si-2]123(O[Si](C)(C)CCCNC(=O)C[NH+](CCCP(=O)([O-])[O-])CCCP(=O)([O-])O)n4c5c6ccccc6c4N=C4c6ccccc6C(=[N+]41)N=c1c4ccccc4c(n12)=NC1=[N+]3C(=N5)c2ccccc21.[Na+].[Na+].[Na+].[Na+]. The van der Waals surface area contributed by atoms with Crippen LogP contribution in [0.1, 0.15) is 73.6 Å². The van der Waals surface area contributed by atoms with Crippen molar-refractivity contribution in [2.75, 3.05) is 45.0 Å². The van der Waals surface area contributed by atoms with E-state index in [2.05, 4.69) is 102 Å². The van der Waals surface area contributed by atoms with E-state index in [-0.39, 0.29) is 182 Å². The monoisotopic (exact) mass is 1320 g/mol. The van der Waals surface area contributed by atoms with Gasteiger partial charge in [0.25, 0.3) is 0 Å². The van der Waals surface area contributed by atoms with Crippen LogP contribution < -0.4 is 165 Å². The number of carbonyl (C=O) groups is 3. The maximum Gasteiger partial charge on any atom is 1.00 e. The van der Waals surface area contributed by atoms with Gasteiger partial charge in [0.2, 0.25) is 0 Å². The van der Waals surface area contributed by atoms with Crippen LogP contribution in [-0.4, -0.2) is 132 Å². The minimum Gasteiger partial charge on any atom is 1.00 e. The number of amidine groups is 4. The molecule has 88 heavy (non-hydrogen) atoms. The number of amides is 2. The van der Waals surface area contributed by atoms with E-state index in [1.807, 2.05) is 48.5 Å². The number of benzene rings is 4. The van der Waals surface area contributed by atoms with Gasteiger partial charge in [-0.25, -0.2) is 0 Å². The van der Waals surface area contributed by atoms with Gasteiger partial charge in [-0.15, -0.1) is 0 Å². The predicted octanol–water partition coefficient (Wildman–Crippen LogP) is -10.8. The molecule has 2 amide bonds. The Morgan fingerprint density at radius 1 is 0.580 bits per heavy atom. The zero-order valence-corrected chi connectivity index (χ0v) is 64.0. The minimum absolute atomic E-state index is 0. The number of unbranched alkanes of at least 4 members (excludes halogenated alkanes) is 1. The number of nitrogens with zero attached hydrogens (tertiary/aromatic N) is 8. The molecule has 23 nitrogen and oxygen atoms in total. The van der Waals surface area contributed by atoms with Gasteiger partial charge in [-0.1, -0.05) is 7.60 Å². The Labute approximate surface area is 599 Å². The van der Waals surface area contributed by atoms with E-state index in [4.69, 9.17) is 28.2 Å². The van der Waals surface area contributed by atoms with E-state index in [9.17, 15) is 48.2 Å². The van der Waals surface area contributed by atoms with E-state index in [1.54, 1.807) is 0 Å². The number of aliphatic imine (C=N–C) groups is 2. The van der Waals surface area contributed by atoms with Crippen molar-refractivity contribution in [3.8, 4) is 0 Å². The standard InChI is InChI=1S/C56H69N11O12P2Si3.4Na/c1-82(2,35-15-29-57-46(68)27-13-14-28-48(70)71)78-84(79-83(3,4)36-16-30-58-47(69)37-63(31-17-33-80(72,73)74)32-18-34-81(75,76)77)64-49-38-19-5-6-20-39(38)50(64)60-52-42-23-9-10-24-43(42)54(66(52)84)62-56-45-26-12-11-25-44(45)55(67(56)84)61-53-41-22-8-7-21-40(41)51(59-49)65(53)84;;;;/h5-12,19-26H,13-18,27-37H2,1-4H3,(H,57,68)(H,58,69)(H,70,71)(H2,72,73,74)(H2,75,76,77);;;;/q;4*+1/p-3. The van der Waals surface area contributed by atoms with Crippen LogP contribution in [0.5, 0.6) is 0 Å². The van der Waals surface area contributed by atoms with Gasteiger partial charge in [-0.05, 0) is 0 Å². The van der Waals surface area contributed by atoms with Gasteiger partial charge in [0.05, 0.1) is 0 Å². The molecule has 6 aromatic rings. The van der Waals surface area contributed by atoms with Crippen LogP contribution in [0.3, 0.4) is 0 Å². The first-order valence-corrected chi connectivity index (χ1v) is 41.0. The molecule has 442 valence electrons. The van der Waals surface area contributed by atoms with Crippen molar-refractivity contribution in [1.82, 2.24) is 19.1 Å². The molecule has 6 aliphatic heterocycles. The number of aromatic nitrogens is 2. The van der Waals surface area contributed by atoms with Crippen LogP contribution in [0.2, 0.25) is 38.3 Å². The Balaban J connectivity index is 0.00000251. The zero-order chi connectivity index (χ0) is 59.3. The smallest absolute Gasteiger partial charge is 1.00 e. The first-order valence-electron chi connectivity index (χ1n) is 28.7. The molecule has 0 fully saturated rings. The zero-order valence-electron chi connectivity index (χ0n) is 51.2. The Morgan fingerprint density at radius 2 is 1.00 bits per heavy atom. The quantitative estimate of drug-likeness (QED) is 0.0213. The van der Waals surface area contributed by atoms with Crippen molar-refractivity contribution in [3.63, 3.8) is 0 Å². The number of carboxylic acid groups (broad SMARTS) is 1. The summed E-state index contributed by atoms with van der Waals surface area (Å²) in [6, 6.07) is 33.4. The Bertz CT molecular complexity index is 4040. The molecule has 32 heteroatoms. The summed E-state index contributed by atoms with van der Waals surface area (Å²) in [6.07, 6.45) is 0.635. The maximum absolute atomic E-state index is 13.9. The summed E-state index contributed by atoms with van der Waals surface area (Å²) in [5.41, 5.74) is 4.44. The molecule has 4 aromatic carbocycles. The van der Waals surface area contributed by atoms with Crippen molar-refractivity contribution in [1.29, 1.82) is 0 Å². The van der Waals surface area contributed by atoms with Crippen LogP contribution >= 0.6 is 15.2 Å². The fourth-order valence-electron chi connectivity index (χ4n) is 14.0. The molecule has 4 N–H and O–H groups in total. The fourth-order valence-corrected chi connectivity index (χ4v) is 37.4. The molecule has 1 spiro atoms. The number of rotatable bonds is 27. The summed E-state index contributed by atoms with van der Waals surface area (Å²) >= 11 is 0. The van der Waals surface area contributed by atoms with E-state index in [1.165, 1.54) is 0 Å². The summed E-state index contributed by atoms with van der Waals surface area (Å²) in [5.74, 6) is 1.78. The van der Waals surface area contributed by atoms with Crippen molar-refractivity contribution in [3.05, 3.63) is 130 Å². The summed E-state index contributed by atoms with van der Waals surface area (Å²) < 4.78 is 50.4. The second-order valence-corrected chi connectivity index (χ2v) is 41.7. The third-order valence-electron chi connectivity index (χ3n) is 17.0. The maximum atomic E-state index is 13.9. The molecular formula is C56H66N11Na4O12P2Si3+. The third-order valence-corrected chi connectivity index (χ3v) is 35.5. The number of carboxylic acids is 1. The normalized spacial score (nSPS) is 17.9. The van der Waals surface area contributed by atoms with Gasteiger partial charge in [-0.2, -0.15) is 0 Å². The molecule has 0 bridgehead atoms. The van der Waals surface area contributed by atoms with Crippen LogP contribution in [-0.2, 0) is 31.7 Å². The predicted molar refractivity (Wildman–Crippen MR) is 314 cm³/mol. The van der Waals surface area contributed by atoms with Crippen LogP contribution in [0.15, 0.2) is 117 Å². The number of nitrogens with one attached hydrogen (secondary N) is 3. The Morgan fingerprint density at radius 3 is 1.45 bits per heavy atom. The van der Waals surface area contributed by atoms with Gasteiger partial charge < -0.3 is 38.6 Å². The van der Waals surface area contributed by atoms with Crippen LogP contribution in [0.4, 0.5) is 11.6 Å². The number of hydrogen-bond acceptors (Lipinski definition) is 15. The molecule has 8 heterocycles. The molecule has 0 radical (unpaired) electrons. The van der Waals surface area contributed by atoms with Crippen LogP contribution in [0, 0.1) is 0 Å². The molecule has 2 aromatic heterocycles. The van der Waals surface area contributed by atoms with Crippen molar-refractivity contribution < 1.29 is 188 Å². The molecule has 2 unspecified atom stereocenters. The number of carbonyl (C=O) groups excluding carboxylic acids is 3. The van der Waals surface area contributed by atoms with Gasteiger partial charge in [0.1, 0.15) is 7.60 Å². The fraction of sp³-hybridized carbons (Fsp3) is 0.375. The molecule has 6 aliphatic rings. The summed E-state index contributed by atoms with van der Waals surface area (Å²) in [4.78, 5) is 106. The largest absolute Gasteiger partial charge is 1.00 e. The Kier molecular flexibility index (Phi) is 21.4. The van der Waals surface area contributed by atoms with Crippen molar-refractivity contribution >= 4 is 114 Å². The average molecular weight is 1320 g/mol. The summed E-state index contributed by atoms with van der Waals surface area (Å²) in [6.45, 7) is 9.38. The molecule has 12 rings (SSSR count). The second-order valence-electron chi connectivity index (χ2n) is 24.0. The molecular weight excluding hydrogens is 1260 g/mol. The van der Waals surface area contributed by atoms with Gasteiger partial charge in [-0.3, -0.25) is 0 Å². The molecule has 0 aliphatic carbocycles. The topological polar surface area (TPSA) is 310 Å². The molecule has 2 atom stereocenters. The average Bonchev–Trinajstić information content (AvgIpc) is 1.21. The van der Waals surface area contributed by atoms with Gasteiger partial charge >= 0.3 is 552 Å². The first kappa shape index (κ1) is 71.3. The molecule has 0 saturated heterocycles. The Hall–Kier alpha value is -2.52. The minimum atomic E-state index is -7.07. The van der Waals surface area contributed by atoms with E-state index >= 15 is 0 Å². The number of quaternary nitrogens is 1. The van der Waals surface area contributed by atoms with E-state index in [0.717, 1.165) is 43.8 Å². The number of fused-ring (bicyclic) bond motifs is 12. The summed E-state index contributed by atoms with van der Waals surface area (Å²) in [5, 5.41) is 20.5. The van der Waals surface area contributed by atoms with Gasteiger partial charge in [0, 0.05) is 0 Å². The van der Waals surface area contributed by atoms with E-state index in [0.29, 0.717) is 95.2 Å². The number of hydrogen-bond donors (Lipinski definition) is 4. The van der Waals surface area contributed by atoms with Crippen molar-refractivity contribution in [2.24, 2.45) is 20.0 Å². The van der Waals surface area contributed by atoms with Gasteiger partial charge in [0.15, 0.2) is 0 Å².